The predicted molar refractivity (Wildman–Crippen MR) is 99.2 cm³/mol. The van der Waals surface area contributed by atoms with E-state index >= 15 is 0 Å². The van der Waals surface area contributed by atoms with Crippen molar-refractivity contribution in [2.75, 3.05) is 6.61 Å². The van der Waals surface area contributed by atoms with E-state index in [0.717, 1.165) is 12.0 Å². The summed E-state index contributed by atoms with van der Waals surface area (Å²) in [7, 11) is 0. The Morgan fingerprint density at radius 2 is 2.04 bits per heavy atom. The third kappa shape index (κ3) is 5.73. The number of hydrogen-bond donors (Lipinski definition) is 0. The molecule has 0 aromatic heterocycles. The highest BCUT2D eigenvalue weighted by atomic mass is 16.6. The first kappa shape index (κ1) is 19.2. The van der Waals surface area contributed by atoms with Crippen LogP contribution in [0.5, 0.6) is 0 Å². The van der Waals surface area contributed by atoms with Crippen LogP contribution >= 0.6 is 0 Å². The third-order valence-electron chi connectivity index (χ3n) is 4.56. The van der Waals surface area contributed by atoms with Gasteiger partial charge in [0.15, 0.2) is 0 Å². The van der Waals surface area contributed by atoms with E-state index in [0.29, 0.717) is 12.8 Å². The standard InChI is InChI=1S/C21H29NO3/c1-3-4-5-6-7-9-12-17(2)20(23)22-19(16-25-21(22)24)15-18-13-10-8-11-14-18/h7-11,13-14,17,19H,3-6,12,15-16H2,1-2H3/b9-7+. The minimum absolute atomic E-state index is 0.137. The van der Waals surface area contributed by atoms with Crippen LogP contribution in [0.4, 0.5) is 4.79 Å². The van der Waals surface area contributed by atoms with Crippen LogP contribution in [0.2, 0.25) is 0 Å². The first-order valence-electron chi connectivity index (χ1n) is 9.32. The van der Waals surface area contributed by atoms with Gasteiger partial charge in [-0.25, -0.2) is 9.69 Å². The summed E-state index contributed by atoms with van der Waals surface area (Å²) in [4.78, 5) is 26.1. The van der Waals surface area contributed by atoms with Crippen LogP contribution in [0.3, 0.4) is 0 Å². The molecule has 2 amide bonds. The summed E-state index contributed by atoms with van der Waals surface area (Å²) >= 11 is 0. The molecule has 0 bridgehead atoms. The highest BCUT2D eigenvalue weighted by molar-refractivity contribution is 5.94. The molecule has 1 aliphatic rings. The Bertz CT molecular complexity index is 582. The molecule has 4 nitrogen and oxygen atoms in total. The molecule has 4 heteroatoms. The van der Waals surface area contributed by atoms with Crippen molar-refractivity contribution in [1.29, 1.82) is 0 Å². The Hall–Kier alpha value is -2.10. The fraction of sp³-hybridized carbons (Fsp3) is 0.524. The number of allylic oxidation sites excluding steroid dienone is 2. The number of ether oxygens (including phenoxy) is 1. The number of carbonyl (C=O) groups excluding carboxylic acids is 2. The fourth-order valence-corrected chi connectivity index (χ4v) is 3.04. The lowest BCUT2D eigenvalue weighted by molar-refractivity contribution is -0.132. The highest BCUT2D eigenvalue weighted by Crippen LogP contribution is 2.21. The molecule has 0 spiro atoms. The molecule has 0 N–H and O–H groups in total. The van der Waals surface area contributed by atoms with Crippen molar-refractivity contribution < 1.29 is 14.3 Å². The molecule has 0 saturated carbocycles. The first-order valence-corrected chi connectivity index (χ1v) is 9.32. The van der Waals surface area contributed by atoms with Crippen molar-refractivity contribution in [1.82, 2.24) is 4.90 Å². The predicted octanol–water partition coefficient (Wildman–Crippen LogP) is 4.74. The lowest BCUT2D eigenvalue weighted by Gasteiger charge is -2.22. The summed E-state index contributed by atoms with van der Waals surface area (Å²) in [5.41, 5.74) is 1.10. The van der Waals surface area contributed by atoms with Crippen LogP contribution in [0.1, 0.15) is 51.5 Å². The second-order valence-corrected chi connectivity index (χ2v) is 6.73. The van der Waals surface area contributed by atoms with Crippen LogP contribution in [-0.4, -0.2) is 29.5 Å². The zero-order valence-electron chi connectivity index (χ0n) is 15.3. The number of hydrogen-bond acceptors (Lipinski definition) is 3. The van der Waals surface area contributed by atoms with Crippen LogP contribution < -0.4 is 0 Å². The molecule has 1 aromatic carbocycles. The van der Waals surface area contributed by atoms with Gasteiger partial charge in [0.25, 0.3) is 0 Å². The third-order valence-corrected chi connectivity index (χ3v) is 4.56. The van der Waals surface area contributed by atoms with Gasteiger partial charge < -0.3 is 4.74 Å². The van der Waals surface area contributed by atoms with Crippen molar-refractivity contribution in [3.63, 3.8) is 0 Å². The van der Waals surface area contributed by atoms with Gasteiger partial charge in [-0.1, -0.05) is 69.2 Å². The number of nitrogens with zero attached hydrogens (tertiary/aromatic N) is 1. The SMILES string of the molecule is CCCCC/C=C/CC(C)C(=O)N1C(=O)OCC1Cc1ccccc1. The summed E-state index contributed by atoms with van der Waals surface area (Å²) in [6.07, 6.45) is 9.68. The second kappa shape index (κ2) is 10.0. The Labute approximate surface area is 150 Å². The zero-order chi connectivity index (χ0) is 18.1. The monoisotopic (exact) mass is 343 g/mol. The molecule has 1 aliphatic heterocycles. The van der Waals surface area contributed by atoms with Gasteiger partial charge in [-0.3, -0.25) is 4.79 Å². The van der Waals surface area contributed by atoms with Gasteiger partial charge in [-0.05, 0) is 31.2 Å². The van der Waals surface area contributed by atoms with E-state index in [-0.39, 0.29) is 24.5 Å². The van der Waals surface area contributed by atoms with Crippen molar-refractivity contribution >= 4 is 12.0 Å². The average molecular weight is 343 g/mol. The maximum Gasteiger partial charge on any atom is 0.416 e. The maximum atomic E-state index is 12.7. The van der Waals surface area contributed by atoms with Crippen LogP contribution in [0.25, 0.3) is 0 Å². The van der Waals surface area contributed by atoms with E-state index < -0.39 is 6.09 Å². The number of amides is 2. The number of carbonyl (C=O) groups is 2. The maximum absolute atomic E-state index is 12.7. The molecular weight excluding hydrogens is 314 g/mol. The average Bonchev–Trinajstić information content (AvgIpc) is 2.98. The minimum Gasteiger partial charge on any atom is -0.447 e. The summed E-state index contributed by atoms with van der Waals surface area (Å²) in [6.45, 7) is 4.34. The summed E-state index contributed by atoms with van der Waals surface area (Å²) in [5.74, 6) is -0.354. The zero-order valence-corrected chi connectivity index (χ0v) is 15.3. The number of unbranched alkanes of at least 4 members (excludes halogenated alkanes) is 3. The largest absolute Gasteiger partial charge is 0.447 e. The molecule has 25 heavy (non-hydrogen) atoms. The number of rotatable bonds is 9. The summed E-state index contributed by atoms with van der Waals surface area (Å²) in [5, 5.41) is 0. The van der Waals surface area contributed by atoms with E-state index in [4.69, 9.17) is 4.74 Å². The van der Waals surface area contributed by atoms with E-state index in [1.54, 1.807) is 0 Å². The van der Waals surface area contributed by atoms with Crippen molar-refractivity contribution in [3.8, 4) is 0 Å². The number of cyclic esters (lactones) is 1. The highest BCUT2D eigenvalue weighted by Gasteiger charge is 2.39. The second-order valence-electron chi connectivity index (χ2n) is 6.73. The van der Waals surface area contributed by atoms with E-state index in [1.807, 2.05) is 37.3 Å². The quantitative estimate of drug-likeness (QED) is 0.480. The number of imide groups is 1. The topological polar surface area (TPSA) is 46.6 Å². The van der Waals surface area contributed by atoms with Gasteiger partial charge in [0.2, 0.25) is 5.91 Å². The molecule has 0 radical (unpaired) electrons. The molecule has 0 aliphatic carbocycles. The number of benzene rings is 1. The molecule has 1 heterocycles. The Kier molecular flexibility index (Phi) is 7.71. The molecule has 2 atom stereocenters. The van der Waals surface area contributed by atoms with Gasteiger partial charge in [-0.15, -0.1) is 0 Å². The lowest BCUT2D eigenvalue weighted by atomic mass is 10.0. The molecule has 1 saturated heterocycles. The van der Waals surface area contributed by atoms with Gasteiger partial charge in [0.1, 0.15) is 6.61 Å². The van der Waals surface area contributed by atoms with E-state index in [9.17, 15) is 9.59 Å². The molecule has 136 valence electrons. The van der Waals surface area contributed by atoms with Gasteiger partial charge >= 0.3 is 6.09 Å². The van der Waals surface area contributed by atoms with Crippen LogP contribution in [0.15, 0.2) is 42.5 Å². The Morgan fingerprint density at radius 1 is 1.28 bits per heavy atom. The van der Waals surface area contributed by atoms with Crippen molar-refractivity contribution in [3.05, 3.63) is 48.0 Å². The van der Waals surface area contributed by atoms with Crippen molar-refractivity contribution in [2.24, 2.45) is 5.92 Å². The van der Waals surface area contributed by atoms with Crippen LogP contribution in [0, 0.1) is 5.92 Å². The van der Waals surface area contributed by atoms with E-state index in [2.05, 4.69) is 19.1 Å². The molecule has 1 aromatic rings. The van der Waals surface area contributed by atoms with Gasteiger partial charge in [-0.2, -0.15) is 0 Å². The Balaban J connectivity index is 1.89. The minimum atomic E-state index is -0.510. The summed E-state index contributed by atoms with van der Waals surface area (Å²) in [6, 6.07) is 9.69. The normalized spacial score (nSPS) is 18.6. The fourth-order valence-electron chi connectivity index (χ4n) is 3.04. The smallest absolute Gasteiger partial charge is 0.416 e. The first-order chi connectivity index (χ1) is 12.1. The molecular formula is C21H29NO3. The summed E-state index contributed by atoms with van der Waals surface area (Å²) < 4.78 is 5.14. The molecule has 2 rings (SSSR count). The van der Waals surface area contributed by atoms with Gasteiger partial charge in [0.05, 0.1) is 6.04 Å². The Morgan fingerprint density at radius 3 is 2.76 bits per heavy atom. The molecule has 2 unspecified atom stereocenters. The van der Waals surface area contributed by atoms with Gasteiger partial charge in [0, 0.05) is 5.92 Å². The molecule has 1 fully saturated rings. The lowest BCUT2D eigenvalue weighted by Crippen LogP contribution is -2.42. The van der Waals surface area contributed by atoms with Crippen molar-refractivity contribution in [2.45, 2.75) is 58.4 Å². The van der Waals surface area contributed by atoms with E-state index in [1.165, 1.54) is 24.2 Å². The van der Waals surface area contributed by atoms with Crippen LogP contribution in [-0.2, 0) is 16.0 Å².